The molecule has 0 heterocycles. The van der Waals surface area contributed by atoms with E-state index in [9.17, 15) is 4.79 Å². The van der Waals surface area contributed by atoms with Crippen molar-refractivity contribution in [2.75, 3.05) is 14.2 Å². The molecule has 0 radical (unpaired) electrons. The SMILES string of the molecule is COc1cc(OC)cc(C(=O)NCc2ccc(Cl)cc2Cl)c1. The second kappa shape index (κ2) is 7.38. The highest BCUT2D eigenvalue weighted by atomic mass is 35.5. The average Bonchev–Trinajstić information content (AvgIpc) is 2.53. The highest BCUT2D eigenvalue weighted by Gasteiger charge is 2.10. The van der Waals surface area contributed by atoms with Gasteiger partial charge in [0.2, 0.25) is 0 Å². The molecule has 2 aromatic carbocycles. The zero-order valence-corrected chi connectivity index (χ0v) is 13.7. The maximum atomic E-state index is 12.2. The predicted molar refractivity (Wildman–Crippen MR) is 87.2 cm³/mol. The number of benzene rings is 2. The number of methoxy groups -OCH3 is 2. The van der Waals surface area contributed by atoms with Crippen molar-refractivity contribution in [3.8, 4) is 11.5 Å². The lowest BCUT2D eigenvalue weighted by Gasteiger charge is -2.10. The van der Waals surface area contributed by atoms with Crippen LogP contribution in [0.2, 0.25) is 10.0 Å². The van der Waals surface area contributed by atoms with Gasteiger partial charge in [0, 0.05) is 28.2 Å². The van der Waals surface area contributed by atoms with Crippen molar-refractivity contribution in [1.82, 2.24) is 5.32 Å². The Morgan fingerprint density at radius 3 is 2.23 bits per heavy atom. The Hall–Kier alpha value is -1.91. The van der Waals surface area contributed by atoms with Crippen LogP contribution >= 0.6 is 23.2 Å². The van der Waals surface area contributed by atoms with Crippen molar-refractivity contribution in [2.45, 2.75) is 6.54 Å². The molecule has 1 N–H and O–H groups in total. The molecule has 0 spiro atoms. The third kappa shape index (κ3) is 4.06. The number of rotatable bonds is 5. The lowest BCUT2D eigenvalue weighted by molar-refractivity contribution is 0.0950. The minimum absolute atomic E-state index is 0.247. The molecule has 0 bridgehead atoms. The van der Waals surface area contributed by atoms with Gasteiger partial charge in [-0.05, 0) is 29.8 Å². The summed E-state index contributed by atoms with van der Waals surface area (Å²) in [5.74, 6) is 0.853. The summed E-state index contributed by atoms with van der Waals surface area (Å²) in [6.07, 6.45) is 0. The summed E-state index contributed by atoms with van der Waals surface area (Å²) in [5, 5.41) is 3.86. The topological polar surface area (TPSA) is 47.6 Å². The van der Waals surface area contributed by atoms with Crippen LogP contribution in [-0.4, -0.2) is 20.1 Å². The first kappa shape index (κ1) is 16.5. The van der Waals surface area contributed by atoms with Crippen LogP contribution in [0.3, 0.4) is 0 Å². The molecule has 2 rings (SSSR count). The summed E-state index contributed by atoms with van der Waals surface area (Å²) in [6.45, 7) is 0.300. The highest BCUT2D eigenvalue weighted by molar-refractivity contribution is 6.35. The fourth-order valence-electron chi connectivity index (χ4n) is 1.88. The fourth-order valence-corrected chi connectivity index (χ4v) is 2.36. The zero-order valence-electron chi connectivity index (χ0n) is 12.2. The van der Waals surface area contributed by atoms with Crippen LogP contribution in [0.1, 0.15) is 15.9 Å². The monoisotopic (exact) mass is 339 g/mol. The standard InChI is InChI=1S/C16H15Cl2NO3/c1-21-13-5-11(6-14(8-13)22-2)16(20)19-9-10-3-4-12(17)7-15(10)18/h3-8H,9H2,1-2H3,(H,19,20). The average molecular weight is 340 g/mol. The lowest BCUT2D eigenvalue weighted by Crippen LogP contribution is -2.23. The van der Waals surface area contributed by atoms with Crippen molar-refractivity contribution < 1.29 is 14.3 Å². The molecule has 0 aliphatic heterocycles. The van der Waals surface area contributed by atoms with E-state index in [0.717, 1.165) is 5.56 Å². The second-order valence-corrected chi connectivity index (χ2v) is 5.36. The fraction of sp³-hybridized carbons (Fsp3) is 0.188. The van der Waals surface area contributed by atoms with Gasteiger partial charge in [-0.2, -0.15) is 0 Å². The minimum Gasteiger partial charge on any atom is -0.497 e. The Morgan fingerprint density at radius 1 is 1.05 bits per heavy atom. The number of hydrogen-bond acceptors (Lipinski definition) is 3. The molecule has 4 nitrogen and oxygen atoms in total. The molecular weight excluding hydrogens is 325 g/mol. The molecule has 0 unspecified atom stereocenters. The Morgan fingerprint density at radius 2 is 1.68 bits per heavy atom. The first-order valence-corrected chi connectivity index (χ1v) is 7.24. The van der Waals surface area contributed by atoms with E-state index >= 15 is 0 Å². The summed E-state index contributed by atoms with van der Waals surface area (Å²) in [4.78, 5) is 12.2. The van der Waals surface area contributed by atoms with Gasteiger partial charge in [0.1, 0.15) is 11.5 Å². The molecule has 0 atom stereocenters. The van der Waals surface area contributed by atoms with Crippen LogP contribution in [0.5, 0.6) is 11.5 Å². The molecule has 0 fully saturated rings. The van der Waals surface area contributed by atoms with E-state index in [4.69, 9.17) is 32.7 Å². The summed E-state index contributed by atoms with van der Waals surface area (Å²) >= 11 is 11.9. The van der Waals surface area contributed by atoms with Crippen molar-refractivity contribution >= 4 is 29.1 Å². The molecule has 0 saturated carbocycles. The summed E-state index contributed by atoms with van der Waals surface area (Å²) in [6, 6.07) is 10.1. The molecule has 2 aromatic rings. The van der Waals surface area contributed by atoms with Gasteiger partial charge in [-0.1, -0.05) is 29.3 Å². The maximum Gasteiger partial charge on any atom is 0.251 e. The first-order chi connectivity index (χ1) is 10.5. The maximum absolute atomic E-state index is 12.2. The Labute approximate surface area is 138 Å². The van der Waals surface area contributed by atoms with Crippen molar-refractivity contribution in [2.24, 2.45) is 0 Å². The molecular formula is C16H15Cl2NO3. The third-order valence-corrected chi connectivity index (χ3v) is 3.66. The summed E-state index contributed by atoms with van der Waals surface area (Å²) < 4.78 is 10.3. The molecule has 0 aliphatic carbocycles. The van der Waals surface area contributed by atoms with Crippen molar-refractivity contribution in [1.29, 1.82) is 0 Å². The molecule has 0 aliphatic rings. The van der Waals surface area contributed by atoms with Gasteiger partial charge in [0.15, 0.2) is 0 Å². The Kier molecular flexibility index (Phi) is 5.52. The van der Waals surface area contributed by atoms with Gasteiger partial charge in [0.25, 0.3) is 5.91 Å². The molecule has 6 heteroatoms. The first-order valence-electron chi connectivity index (χ1n) is 6.48. The van der Waals surface area contributed by atoms with Gasteiger partial charge < -0.3 is 14.8 Å². The number of amides is 1. The third-order valence-electron chi connectivity index (χ3n) is 3.07. The largest absolute Gasteiger partial charge is 0.497 e. The quantitative estimate of drug-likeness (QED) is 0.897. The molecule has 0 saturated heterocycles. The van der Waals surface area contributed by atoms with E-state index in [1.807, 2.05) is 0 Å². The van der Waals surface area contributed by atoms with E-state index in [0.29, 0.717) is 33.7 Å². The molecule has 116 valence electrons. The zero-order chi connectivity index (χ0) is 16.1. The van der Waals surface area contributed by atoms with Crippen LogP contribution in [0, 0.1) is 0 Å². The van der Waals surface area contributed by atoms with Crippen molar-refractivity contribution in [3.63, 3.8) is 0 Å². The second-order valence-electron chi connectivity index (χ2n) is 4.52. The number of hydrogen-bond donors (Lipinski definition) is 1. The van der Waals surface area contributed by atoms with Gasteiger partial charge in [-0.3, -0.25) is 4.79 Å². The number of halogens is 2. The molecule has 1 amide bonds. The Bertz CT molecular complexity index is 667. The lowest BCUT2D eigenvalue weighted by atomic mass is 10.1. The number of carbonyl (C=O) groups is 1. The molecule has 0 aromatic heterocycles. The van der Waals surface area contributed by atoms with Crippen LogP contribution in [0.15, 0.2) is 36.4 Å². The van der Waals surface area contributed by atoms with Gasteiger partial charge >= 0.3 is 0 Å². The summed E-state index contributed by atoms with van der Waals surface area (Å²) in [5.41, 5.74) is 1.23. The van der Waals surface area contributed by atoms with E-state index in [1.54, 1.807) is 36.4 Å². The Balaban J connectivity index is 2.12. The van der Waals surface area contributed by atoms with Gasteiger partial charge in [0.05, 0.1) is 14.2 Å². The van der Waals surface area contributed by atoms with Gasteiger partial charge in [-0.25, -0.2) is 0 Å². The van der Waals surface area contributed by atoms with Crippen LogP contribution in [0.25, 0.3) is 0 Å². The number of ether oxygens (including phenoxy) is 2. The highest BCUT2D eigenvalue weighted by Crippen LogP contribution is 2.23. The van der Waals surface area contributed by atoms with E-state index in [-0.39, 0.29) is 5.91 Å². The summed E-state index contributed by atoms with van der Waals surface area (Å²) in [7, 11) is 3.06. The smallest absolute Gasteiger partial charge is 0.251 e. The van der Waals surface area contributed by atoms with Crippen molar-refractivity contribution in [3.05, 3.63) is 57.6 Å². The van der Waals surface area contributed by atoms with Crippen LogP contribution in [0.4, 0.5) is 0 Å². The minimum atomic E-state index is -0.247. The van der Waals surface area contributed by atoms with E-state index in [1.165, 1.54) is 14.2 Å². The van der Waals surface area contributed by atoms with Crippen LogP contribution in [-0.2, 0) is 6.54 Å². The predicted octanol–water partition coefficient (Wildman–Crippen LogP) is 3.94. The van der Waals surface area contributed by atoms with Gasteiger partial charge in [-0.15, -0.1) is 0 Å². The number of carbonyl (C=O) groups excluding carboxylic acids is 1. The normalized spacial score (nSPS) is 10.2. The number of nitrogens with one attached hydrogen (secondary N) is 1. The van der Waals surface area contributed by atoms with E-state index < -0.39 is 0 Å². The molecule has 22 heavy (non-hydrogen) atoms. The van der Waals surface area contributed by atoms with E-state index in [2.05, 4.69) is 5.32 Å². The van der Waals surface area contributed by atoms with Crippen LogP contribution < -0.4 is 14.8 Å².